The number of hydrogen-bond acceptors (Lipinski definition) is 2. The number of hydrogen-bond donors (Lipinski definition) is 1. The molecule has 0 aliphatic carbocycles. The van der Waals surface area contributed by atoms with Crippen molar-refractivity contribution in [3.05, 3.63) is 35.1 Å². The topological polar surface area (TPSA) is 25.2 Å². The molecule has 2 nitrogen and oxygen atoms in total. The van der Waals surface area contributed by atoms with Gasteiger partial charge in [0.2, 0.25) is 0 Å². The molecule has 2 heteroatoms. The average molecular weight is 273 g/mol. The minimum atomic E-state index is 0.169. The molecule has 0 saturated heterocycles. The van der Waals surface area contributed by atoms with Crippen molar-refractivity contribution >= 4 is 11.0 Å². The zero-order chi connectivity index (χ0) is 14.9. The highest BCUT2D eigenvalue weighted by atomic mass is 16.3. The van der Waals surface area contributed by atoms with Gasteiger partial charge in [-0.2, -0.15) is 0 Å². The fourth-order valence-corrected chi connectivity index (χ4v) is 2.65. The first kappa shape index (κ1) is 15.1. The van der Waals surface area contributed by atoms with Crippen molar-refractivity contribution in [3.63, 3.8) is 0 Å². The first-order valence-electron chi connectivity index (χ1n) is 7.64. The standard InChI is InChI=1S/C18H27NO/c1-7-15(19-8-2)16-11-13-10-14(18(4,5)6)9-12(3)17(13)20-16/h9-11,15,19H,7-8H2,1-6H3. The zero-order valence-electron chi connectivity index (χ0n) is 13.6. The summed E-state index contributed by atoms with van der Waals surface area (Å²) in [5.74, 6) is 1.05. The van der Waals surface area contributed by atoms with E-state index in [9.17, 15) is 0 Å². The molecule has 0 amide bonds. The molecule has 0 aliphatic heterocycles. The maximum Gasteiger partial charge on any atom is 0.137 e. The van der Waals surface area contributed by atoms with Crippen molar-refractivity contribution in [2.75, 3.05) is 6.54 Å². The predicted octanol–water partition coefficient (Wildman–Crippen LogP) is 5.10. The molecule has 0 radical (unpaired) electrons. The SMILES string of the molecule is CCNC(CC)c1cc2cc(C(C)(C)C)cc(C)c2o1. The van der Waals surface area contributed by atoms with E-state index < -0.39 is 0 Å². The molecule has 110 valence electrons. The second-order valence-corrected chi connectivity index (χ2v) is 6.63. The monoisotopic (exact) mass is 273 g/mol. The van der Waals surface area contributed by atoms with Crippen molar-refractivity contribution in [1.29, 1.82) is 0 Å². The summed E-state index contributed by atoms with van der Waals surface area (Å²) in [5.41, 5.74) is 3.79. The number of aryl methyl sites for hydroxylation is 1. The van der Waals surface area contributed by atoms with Gasteiger partial charge in [0, 0.05) is 5.39 Å². The van der Waals surface area contributed by atoms with E-state index in [-0.39, 0.29) is 5.41 Å². The summed E-state index contributed by atoms with van der Waals surface area (Å²) in [5, 5.41) is 4.70. The second-order valence-electron chi connectivity index (χ2n) is 6.63. The Labute approximate surface area is 122 Å². The molecule has 1 unspecified atom stereocenters. The molecule has 1 aromatic carbocycles. The van der Waals surface area contributed by atoms with Gasteiger partial charge in [-0.15, -0.1) is 0 Å². The number of benzene rings is 1. The van der Waals surface area contributed by atoms with Crippen LogP contribution in [0.4, 0.5) is 0 Å². The van der Waals surface area contributed by atoms with Gasteiger partial charge in [0.15, 0.2) is 0 Å². The third-order valence-electron chi connectivity index (χ3n) is 3.89. The van der Waals surface area contributed by atoms with Gasteiger partial charge in [0.25, 0.3) is 0 Å². The molecule has 0 saturated carbocycles. The molecule has 1 heterocycles. The number of rotatable bonds is 4. The summed E-state index contributed by atoms with van der Waals surface area (Å²) in [6.07, 6.45) is 1.04. The van der Waals surface area contributed by atoms with Crippen LogP contribution in [0.15, 0.2) is 22.6 Å². The summed E-state index contributed by atoms with van der Waals surface area (Å²) in [7, 11) is 0. The zero-order valence-corrected chi connectivity index (χ0v) is 13.6. The molecular formula is C18H27NO. The van der Waals surface area contributed by atoms with Gasteiger partial charge < -0.3 is 9.73 Å². The Kier molecular flexibility index (Phi) is 4.24. The Hall–Kier alpha value is -1.28. The predicted molar refractivity (Wildman–Crippen MR) is 86.4 cm³/mol. The van der Waals surface area contributed by atoms with Crippen molar-refractivity contribution < 1.29 is 4.42 Å². The smallest absolute Gasteiger partial charge is 0.137 e. The summed E-state index contributed by atoms with van der Waals surface area (Å²) in [4.78, 5) is 0. The molecule has 2 rings (SSSR count). The maximum atomic E-state index is 6.11. The van der Waals surface area contributed by atoms with Crippen LogP contribution in [0, 0.1) is 6.92 Å². The first-order chi connectivity index (χ1) is 9.36. The van der Waals surface area contributed by atoms with Crippen molar-refractivity contribution in [2.45, 2.75) is 59.4 Å². The summed E-state index contributed by atoms with van der Waals surface area (Å²) in [6, 6.07) is 7.04. The van der Waals surface area contributed by atoms with Crippen LogP contribution in [-0.2, 0) is 5.41 Å². The fraction of sp³-hybridized carbons (Fsp3) is 0.556. The molecule has 0 fully saturated rings. The van der Waals surface area contributed by atoms with Gasteiger partial charge in [-0.1, -0.05) is 40.7 Å². The molecule has 2 aromatic rings. The van der Waals surface area contributed by atoms with Crippen LogP contribution in [0.25, 0.3) is 11.0 Å². The lowest BCUT2D eigenvalue weighted by Gasteiger charge is -2.19. The van der Waals surface area contributed by atoms with E-state index in [4.69, 9.17) is 4.42 Å². The van der Waals surface area contributed by atoms with Gasteiger partial charge in [0.05, 0.1) is 6.04 Å². The van der Waals surface area contributed by atoms with E-state index in [1.807, 2.05) is 0 Å². The van der Waals surface area contributed by atoms with Crippen LogP contribution in [0.5, 0.6) is 0 Å². The molecule has 0 bridgehead atoms. The minimum absolute atomic E-state index is 0.169. The summed E-state index contributed by atoms with van der Waals surface area (Å²) in [6.45, 7) is 14.2. The molecule has 20 heavy (non-hydrogen) atoms. The second kappa shape index (κ2) is 5.61. The van der Waals surface area contributed by atoms with Gasteiger partial charge >= 0.3 is 0 Å². The molecule has 1 atom stereocenters. The molecule has 1 N–H and O–H groups in total. The van der Waals surface area contributed by atoms with E-state index in [1.54, 1.807) is 0 Å². The largest absolute Gasteiger partial charge is 0.459 e. The van der Waals surface area contributed by atoms with E-state index in [1.165, 1.54) is 16.5 Å². The Balaban J connectivity index is 2.51. The first-order valence-corrected chi connectivity index (χ1v) is 7.64. The highest BCUT2D eigenvalue weighted by molar-refractivity contribution is 5.82. The van der Waals surface area contributed by atoms with E-state index in [0.29, 0.717) is 6.04 Å². The van der Waals surface area contributed by atoms with E-state index in [0.717, 1.165) is 24.3 Å². The van der Waals surface area contributed by atoms with Gasteiger partial charge in [0.1, 0.15) is 11.3 Å². The van der Waals surface area contributed by atoms with Crippen LogP contribution >= 0.6 is 0 Å². The van der Waals surface area contributed by atoms with Crippen molar-refractivity contribution in [1.82, 2.24) is 5.32 Å². The highest BCUT2D eigenvalue weighted by Gasteiger charge is 2.19. The van der Waals surface area contributed by atoms with Crippen molar-refractivity contribution in [3.8, 4) is 0 Å². The van der Waals surface area contributed by atoms with Crippen LogP contribution in [0.3, 0.4) is 0 Å². The van der Waals surface area contributed by atoms with Gasteiger partial charge in [-0.05, 0) is 48.6 Å². The minimum Gasteiger partial charge on any atom is -0.459 e. The Morgan fingerprint density at radius 2 is 1.85 bits per heavy atom. The van der Waals surface area contributed by atoms with E-state index in [2.05, 4.69) is 65.1 Å². The van der Waals surface area contributed by atoms with Crippen molar-refractivity contribution in [2.24, 2.45) is 0 Å². The van der Waals surface area contributed by atoms with Crippen LogP contribution in [0.1, 0.15) is 64.0 Å². The number of nitrogens with one attached hydrogen (secondary N) is 1. The average Bonchev–Trinajstić information content (AvgIpc) is 2.79. The quantitative estimate of drug-likeness (QED) is 0.838. The third kappa shape index (κ3) is 2.90. The van der Waals surface area contributed by atoms with E-state index >= 15 is 0 Å². The number of furan rings is 1. The Morgan fingerprint density at radius 3 is 2.40 bits per heavy atom. The Morgan fingerprint density at radius 1 is 1.15 bits per heavy atom. The normalized spacial score (nSPS) is 13.9. The molecular weight excluding hydrogens is 246 g/mol. The summed E-state index contributed by atoms with van der Waals surface area (Å²) >= 11 is 0. The molecule has 0 aliphatic rings. The third-order valence-corrected chi connectivity index (χ3v) is 3.89. The summed E-state index contributed by atoms with van der Waals surface area (Å²) < 4.78 is 6.11. The van der Waals surface area contributed by atoms with Crippen LogP contribution < -0.4 is 5.32 Å². The Bertz CT molecular complexity index is 589. The lowest BCUT2D eigenvalue weighted by atomic mass is 9.85. The fourth-order valence-electron chi connectivity index (χ4n) is 2.65. The lowest BCUT2D eigenvalue weighted by Crippen LogP contribution is -2.19. The molecule has 0 spiro atoms. The molecule has 1 aromatic heterocycles. The van der Waals surface area contributed by atoms with Crippen LogP contribution in [0.2, 0.25) is 0 Å². The van der Waals surface area contributed by atoms with Gasteiger partial charge in [-0.3, -0.25) is 0 Å². The van der Waals surface area contributed by atoms with Crippen LogP contribution in [-0.4, -0.2) is 6.54 Å². The lowest BCUT2D eigenvalue weighted by molar-refractivity contribution is 0.428. The highest BCUT2D eigenvalue weighted by Crippen LogP contribution is 2.32. The van der Waals surface area contributed by atoms with Gasteiger partial charge in [-0.25, -0.2) is 0 Å². The number of fused-ring (bicyclic) bond motifs is 1. The maximum absolute atomic E-state index is 6.11.